The fraction of sp³-hybridized carbons (Fsp3) is 0.375. The van der Waals surface area contributed by atoms with E-state index in [1.807, 2.05) is 17.9 Å². The Kier molecular flexibility index (Phi) is 4.50. The molecule has 1 fully saturated rings. The van der Waals surface area contributed by atoms with Gasteiger partial charge in [0.05, 0.1) is 11.0 Å². The normalized spacial score (nSPS) is 16.4. The highest BCUT2D eigenvalue weighted by atomic mass is 16.6. The van der Waals surface area contributed by atoms with E-state index in [1.54, 1.807) is 12.1 Å². The number of nitrogens with one attached hydrogen (secondary N) is 1. The van der Waals surface area contributed by atoms with Crippen molar-refractivity contribution in [1.82, 2.24) is 30.2 Å². The van der Waals surface area contributed by atoms with Gasteiger partial charge in [0, 0.05) is 32.2 Å². The number of H-pyrrole nitrogens is 1. The van der Waals surface area contributed by atoms with Crippen molar-refractivity contribution in [1.29, 1.82) is 0 Å². The van der Waals surface area contributed by atoms with E-state index in [2.05, 4.69) is 30.2 Å². The molecule has 1 aliphatic rings. The topological polar surface area (TPSA) is 130 Å². The molecule has 4 rings (SSSR count). The molecule has 0 aliphatic carbocycles. The van der Waals surface area contributed by atoms with Gasteiger partial charge in [-0.2, -0.15) is 10.1 Å². The number of nitro benzene ring substituents is 1. The van der Waals surface area contributed by atoms with E-state index in [-0.39, 0.29) is 16.7 Å². The van der Waals surface area contributed by atoms with Crippen LogP contribution in [0.4, 0.5) is 11.4 Å². The quantitative estimate of drug-likeness (QED) is 0.526. The summed E-state index contributed by atoms with van der Waals surface area (Å²) < 4.78 is 5.37. The molecule has 0 radical (unpaired) electrons. The zero-order valence-corrected chi connectivity index (χ0v) is 14.6. The molecule has 0 amide bonds. The molecular weight excluding hydrogens is 352 g/mol. The number of anilines is 1. The van der Waals surface area contributed by atoms with E-state index in [9.17, 15) is 10.1 Å². The zero-order valence-electron chi connectivity index (χ0n) is 14.6. The van der Waals surface area contributed by atoms with Gasteiger partial charge in [-0.3, -0.25) is 20.1 Å². The Balaban J connectivity index is 1.43. The Hall–Kier alpha value is -3.34. The maximum atomic E-state index is 11.3. The number of hydrogen-bond acceptors (Lipinski definition) is 9. The first-order chi connectivity index (χ1) is 13.1. The molecule has 1 N–H and O–H groups in total. The molecule has 3 aromatic rings. The van der Waals surface area contributed by atoms with E-state index >= 15 is 0 Å². The van der Waals surface area contributed by atoms with E-state index in [4.69, 9.17) is 4.52 Å². The van der Waals surface area contributed by atoms with E-state index < -0.39 is 0 Å². The minimum Gasteiger partial charge on any atom is -0.363 e. The molecule has 140 valence electrons. The lowest BCUT2D eigenvalue weighted by molar-refractivity contribution is -0.384. The first kappa shape index (κ1) is 17.1. The molecule has 27 heavy (non-hydrogen) atoms. The number of nitrogens with zero attached hydrogens (tertiary/aromatic N) is 7. The number of aromatic nitrogens is 5. The highest BCUT2D eigenvalue weighted by molar-refractivity contribution is 5.63. The summed E-state index contributed by atoms with van der Waals surface area (Å²) in [4.78, 5) is 23.6. The van der Waals surface area contributed by atoms with Crippen LogP contribution in [0.3, 0.4) is 0 Å². The van der Waals surface area contributed by atoms with E-state index in [0.717, 1.165) is 13.1 Å². The summed E-state index contributed by atoms with van der Waals surface area (Å²) in [5.74, 6) is 1.33. The summed E-state index contributed by atoms with van der Waals surface area (Å²) in [6, 6.07) is 6.76. The van der Waals surface area contributed by atoms with Crippen molar-refractivity contribution in [3.63, 3.8) is 0 Å². The maximum absolute atomic E-state index is 11.3. The van der Waals surface area contributed by atoms with Crippen LogP contribution >= 0.6 is 0 Å². The second-order valence-corrected chi connectivity index (χ2v) is 6.24. The van der Waals surface area contributed by atoms with Crippen LogP contribution in [0.1, 0.15) is 18.9 Å². The molecule has 1 aliphatic heterocycles. The lowest BCUT2D eigenvalue weighted by Gasteiger charge is -2.37. The Bertz CT molecular complexity index is 917. The standard InChI is InChI=1S/C16H18N8O3/c1-11(16-19-15(21-27-16)14-17-10-18-20-14)22-6-8-23(9-7-22)12-4-2-3-5-13(12)24(25)26/h2-5,10-11H,6-9H2,1H3,(H,17,18,20)/t11-/m0/s1. The van der Waals surface area contributed by atoms with Crippen molar-refractivity contribution in [2.24, 2.45) is 0 Å². The Morgan fingerprint density at radius 2 is 2.04 bits per heavy atom. The molecule has 0 spiro atoms. The minimum absolute atomic E-state index is 0.0675. The number of para-hydroxylation sites is 2. The van der Waals surface area contributed by atoms with Crippen molar-refractivity contribution in [2.75, 3.05) is 31.1 Å². The van der Waals surface area contributed by atoms with Gasteiger partial charge in [0.25, 0.3) is 5.69 Å². The van der Waals surface area contributed by atoms with Crippen LogP contribution in [-0.2, 0) is 0 Å². The average Bonchev–Trinajstić information content (AvgIpc) is 3.39. The van der Waals surface area contributed by atoms with Crippen LogP contribution in [0.15, 0.2) is 35.1 Å². The van der Waals surface area contributed by atoms with Gasteiger partial charge < -0.3 is 9.42 Å². The molecule has 1 atom stereocenters. The molecule has 0 bridgehead atoms. The number of benzene rings is 1. The van der Waals surface area contributed by atoms with E-state index in [1.165, 1.54) is 12.4 Å². The monoisotopic (exact) mass is 370 g/mol. The zero-order chi connectivity index (χ0) is 18.8. The second kappa shape index (κ2) is 7.11. The van der Waals surface area contributed by atoms with Crippen molar-refractivity contribution < 1.29 is 9.45 Å². The predicted octanol–water partition coefficient (Wildman–Crippen LogP) is 1.65. The molecule has 3 heterocycles. The third kappa shape index (κ3) is 3.36. The Morgan fingerprint density at radius 1 is 1.26 bits per heavy atom. The molecule has 1 saturated heterocycles. The summed E-state index contributed by atoms with van der Waals surface area (Å²) >= 11 is 0. The number of nitro groups is 1. The van der Waals surface area contributed by atoms with Gasteiger partial charge in [-0.05, 0) is 13.0 Å². The SMILES string of the molecule is C[C@@H](c1nc(-c2ncn[nH]2)no1)N1CCN(c2ccccc2[N+](=O)[O-])CC1. The van der Waals surface area contributed by atoms with Crippen LogP contribution in [-0.4, -0.2) is 61.3 Å². The summed E-state index contributed by atoms with van der Waals surface area (Å²) in [5.41, 5.74) is 0.785. The lowest BCUT2D eigenvalue weighted by atomic mass is 10.2. The largest absolute Gasteiger partial charge is 0.363 e. The molecule has 0 saturated carbocycles. The molecule has 11 heteroatoms. The third-order valence-corrected chi connectivity index (χ3v) is 4.71. The number of piperazine rings is 1. The highest BCUT2D eigenvalue weighted by Crippen LogP contribution is 2.30. The molecular formula is C16H18N8O3. The fourth-order valence-electron chi connectivity index (χ4n) is 3.21. The van der Waals surface area contributed by atoms with Gasteiger partial charge in [-0.15, -0.1) is 0 Å². The van der Waals surface area contributed by atoms with Crippen LogP contribution in [0, 0.1) is 10.1 Å². The summed E-state index contributed by atoms with van der Waals surface area (Å²) in [5, 5.41) is 21.7. The van der Waals surface area contributed by atoms with Crippen LogP contribution in [0.25, 0.3) is 11.6 Å². The smallest absolute Gasteiger partial charge is 0.292 e. The van der Waals surface area contributed by atoms with Gasteiger partial charge in [0.15, 0.2) is 5.82 Å². The van der Waals surface area contributed by atoms with Gasteiger partial charge in [-0.25, -0.2) is 4.98 Å². The fourth-order valence-corrected chi connectivity index (χ4v) is 3.21. The number of rotatable bonds is 5. The number of hydrogen-bond donors (Lipinski definition) is 1. The molecule has 2 aromatic heterocycles. The van der Waals surface area contributed by atoms with Crippen LogP contribution < -0.4 is 4.90 Å². The maximum Gasteiger partial charge on any atom is 0.292 e. The highest BCUT2D eigenvalue weighted by Gasteiger charge is 2.28. The van der Waals surface area contributed by atoms with Crippen molar-refractivity contribution in [3.05, 3.63) is 46.6 Å². The van der Waals surface area contributed by atoms with Crippen LogP contribution in [0.5, 0.6) is 0 Å². The predicted molar refractivity (Wildman–Crippen MR) is 95.0 cm³/mol. The Morgan fingerprint density at radius 3 is 2.74 bits per heavy atom. The molecule has 1 aromatic carbocycles. The van der Waals surface area contributed by atoms with Gasteiger partial charge in [0.2, 0.25) is 11.7 Å². The number of aromatic amines is 1. The van der Waals surface area contributed by atoms with E-state index in [0.29, 0.717) is 36.3 Å². The minimum atomic E-state index is -0.339. The summed E-state index contributed by atoms with van der Waals surface area (Å²) in [6.45, 7) is 4.81. The third-order valence-electron chi connectivity index (χ3n) is 4.71. The summed E-state index contributed by atoms with van der Waals surface area (Å²) in [7, 11) is 0. The van der Waals surface area contributed by atoms with Gasteiger partial charge in [0.1, 0.15) is 12.0 Å². The molecule has 0 unspecified atom stereocenters. The van der Waals surface area contributed by atoms with Gasteiger partial charge in [-0.1, -0.05) is 17.3 Å². The average molecular weight is 370 g/mol. The van der Waals surface area contributed by atoms with Gasteiger partial charge >= 0.3 is 0 Å². The van der Waals surface area contributed by atoms with Crippen molar-refractivity contribution in [3.8, 4) is 11.6 Å². The first-order valence-corrected chi connectivity index (χ1v) is 8.55. The lowest BCUT2D eigenvalue weighted by Crippen LogP contribution is -2.47. The van der Waals surface area contributed by atoms with Crippen molar-refractivity contribution >= 4 is 11.4 Å². The molecule has 11 nitrogen and oxygen atoms in total. The van der Waals surface area contributed by atoms with Crippen molar-refractivity contribution in [2.45, 2.75) is 13.0 Å². The van der Waals surface area contributed by atoms with Crippen LogP contribution in [0.2, 0.25) is 0 Å². The Labute approximate surface area is 154 Å². The first-order valence-electron chi connectivity index (χ1n) is 8.55. The second-order valence-electron chi connectivity index (χ2n) is 6.24. The summed E-state index contributed by atoms with van der Waals surface area (Å²) in [6.07, 6.45) is 1.39.